The van der Waals surface area contributed by atoms with E-state index in [1.165, 1.54) is 33.2 Å². The summed E-state index contributed by atoms with van der Waals surface area (Å²) in [6.45, 7) is 5.37. The fourth-order valence-electron chi connectivity index (χ4n) is 2.72. The minimum atomic E-state index is -1.26. The van der Waals surface area contributed by atoms with Crippen LogP contribution in [0.25, 0.3) is 0 Å². The first-order chi connectivity index (χ1) is 7.47. The quantitative estimate of drug-likeness (QED) is 0.721. The van der Waals surface area contributed by atoms with E-state index in [2.05, 4.69) is 10.2 Å². The smallest absolute Gasteiger partial charge is 0.251 e. The molecular formula is C12H22N2O2. The summed E-state index contributed by atoms with van der Waals surface area (Å²) in [4.78, 5) is 14.2. The van der Waals surface area contributed by atoms with Gasteiger partial charge in [0.1, 0.15) is 5.60 Å². The number of carbonyl (C=O) groups excluding carboxylic acids is 1. The lowest BCUT2D eigenvalue weighted by Crippen LogP contribution is -2.52. The van der Waals surface area contributed by atoms with Gasteiger partial charge in [-0.2, -0.15) is 0 Å². The van der Waals surface area contributed by atoms with Gasteiger partial charge in [0.15, 0.2) is 0 Å². The Balaban J connectivity index is 1.85. The van der Waals surface area contributed by atoms with Crippen LogP contribution in [0.5, 0.6) is 0 Å². The predicted octanol–water partition coefficient (Wildman–Crippen LogP) is 0.500. The molecule has 2 saturated heterocycles. The van der Waals surface area contributed by atoms with Crippen molar-refractivity contribution in [3.8, 4) is 0 Å². The molecule has 1 amide bonds. The molecule has 2 atom stereocenters. The van der Waals surface area contributed by atoms with Crippen molar-refractivity contribution in [1.29, 1.82) is 0 Å². The van der Waals surface area contributed by atoms with E-state index in [1.807, 2.05) is 0 Å². The van der Waals surface area contributed by atoms with Crippen molar-refractivity contribution in [2.75, 3.05) is 13.1 Å². The molecule has 16 heavy (non-hydrogen) atoms. The van der Waals surface area contributed by atoms with Gasteiger partial charge in [-0.05, 0) is 46.1 Å². The third kappa shape index (κ3) is 2.55. The molecule has 0 aromatic rings. The third-order valence-electron chi connectivity index (χ3n) is 3.71. The van der Waals surface area contributed by atoms with Crippen LogP contribution < -0.4 is 5.32 Å². The molecule has 2 heterocycles. The Hall–Kier alpha value is -0.610. The van der Waals surface area contributed by atoms with Gasteiger partial charge in [0, 0.05) is 18.6 Å². The van der Waals surface area contributed by atoms with Gasteiger partial charge in [-0.1, -0.05) is 0 Å². The molecule has 0 spiro atoms. The minimum absolute atomic E-state index is 0.246. The molecule has 0 aromatic carbocycles. The highest BCUT2D eigenvalue weighted by molar-refractivity contribution is 5.84. The Morgan fingerprint density at radius 1 is 1.38 bits per heavy atom. The third-order valence-corrected chi connectivity index (χ3v) is 3.71. The average molecular weight is 226 g/mol. The molecule has 0 aromatic heterocycles. The number of aliphatic hydroxyl groups is 1. The lowest BCUT2D eigenvalue weighted by molar-refractivity contribution is -0.137. The Bertz CT molecular complexity index is 273. The van der Waals surface area contributed by atoms with Gasteiger partial charge in [0.25, 0.3) is 5.91 Å². The van der Waals surface area contributed by atoms with Gasteiger partial charge in [-0.25, -0.2) is 0 Å². The average Bonchev–Trinajstić information content (AvgIpc) is 2.63. The van der Waals surface area contributed by atoms with E-state index in [1.54, 1.807) is 0 Å². The highest BCUT2D eigenvalue weighted by Gasteiger charge is 2.34. The number of carbonyl (C=O) groups is 1. The van der Waals surface area contributed by atoms with Crippen LogP contribution in [0.4, 0.5) is 0 Å². The van der Waals surface area contributed by atoms with E-state index in [4.69, 9.17) is 0 Å². The van der Waals surface area contributed by atoms with E-state index in [0.29, 0.717) is 6.04 Å². The first-order valence-corrected chi connectivity index (χ1v) is 6.24. The van der Waals surface area contributed by atoms with Crippen LogP contribution in [0.3, 0.4) is 0 Å². The first kappa shape index (κ1) is 11.9. The van der Waals surface area contributed by atoms with E-state index in [9.17, 15) is 9.90 Å². The summed E-state index contributed by atoms with van der Waals surface area (Å²) < 4.78 is 0. The molecular weight excluding hydrogens is 204 g/mol. The maximum atomic E-state index is 11.7. The summed E-state index contributed by atoms with van der Waals surface area (Å²) in [5.41, 5.74) is -1.26. The van der Waals surface area contributed by atoms with E-state index in [0.717, 1.165) is 19.4 Å². The molecule has 2 unspecified atom stereocenters. The normalized spacial score (nSPS) is 31.2. The number of nitrogens with zero attached hydrogens (tertiary/aromatic N) is 1. The second-order valence-corrected chi connectivity index (χ2v) is 5.59. The zero-order valence-electron chi connectivity index (χ0n) is 10.2. The molecule has 0 saturated carbocycles. The van der Waals surface area contributed by atoms with E-state index >= 15 is 0 Å². The fraction of sp³-hybridized carbons (Fsp3) is 0.917. The molecule has 4 nitrogen and oxygen atoms in total. The maximum Gasteiger partial charge on any atom is 0.251 e. The van der Waals surface area contributed by atoms with Crippen molar-refractivity contribution in [3.05, 3.63) is 0 Å². The summed E-state index contributed by atoms with van der Waals surface area (Å²) >= 11 is 0. The molecule has 0 radical (unpaired) electrons. The number of piperidine rings is 1. The van der Waals surface area contributed by atoms with Crippen LogP contribution in [-0.2, 0) is 4.79 Å². The van der Waals surface area contributed by atoms with Crippen molar-refractivity contribution in [2.45, 2.75) is 57.2 Å². The highest BCUT2D eigenvalue weighted by atomic mass is 16.3. The summed E-state index contributed by atoms with van der Waals surface area (Å²) in [5.74, 6) is -0.246. The zero-order valence-corrected chi connectivity index (χ0v) is 10.2. The Labute approximate surface area is 97.0 Å². The minimum Gasteiger partial charge on any atom is -0.381 e. The SMILES string of the molecule is CC(C)(O)C(=O)NC1CCN2CCCC2C1. The number of hydrogen-bond donors (Lipinski definition) is 2. The van der Waals surface area contributed by atoms with E-state index < -0.39 is 5.60 Å². The van der Waals surface area contributed by atoms with Crippen molar-refractivity contribution in [3.63, 3.8) is 0 Å². The van der Waals surface area contributed by atoms with Crippen LogP contribution in [0.15, 0.2) is 0 Å². The summed E-state index contributed by atoms with van der Waals surface area (Å²) in [7, 11) is 0. The number of hydrogen-bond acceptors (Lipinski definition) is 3. The monoisotopic (exact) mass is 226 g/mol. The van der Waals surface area contributed by atoms with Crippen LogP contribution in [0, 0.1) is 0 Å². The van der Waals surface area contributed by atoms with Crippen molar-refractivity contribution < 1.29 is 9.90 Å². The maximum absolute atomic E-state index is 11.7. The van der Waals surface area contributed by atoms with Gasteiger partial charge in [-0.15, -0.1) is 0 Å². The van der Waals surface area contributed by atoms with Crippen LogP contribution in [0.1, 0.15) is 39.5 Å². The second-order valence-electron chi connectivity index (χ2n) is 5.59. The summed E-state index contributed by atoms with van der Waals surface area (Å²) in [5, 5.41) is 12.5. The molecule has 0 aliphatic carbocycles. The molecule has 4 heteroatoms. The molecule has 92 valence electrons. The number of nitrogens with one attached hydrogen (secondary N) is 1. The highest BCUT2D eigenvalue weighted by Crippen LogP contribution is 2.26. The Kier molecular flexibility index (Phi) is 3.22. The van der Waals surface area contributed by atoms with E-state index in [-0.39, 0.29) is 11.9 Å². The number of fused-ring (bicyclic) bond motifs is 1. The number of amides is 1. The van der Waals surface area contributed by atoms with Crippen LogP contribution in [-0.4, -0.2) is 46.7 Å². The fourth-order valence-corrected chi connectivity index (χ4v) is 2.72. The van der Waals surface area contributed by atoms with Crippen molar-refractivity contribution in [1.82, 2.24) is 10.2 Å². The molecule has 2 rings (SSSR count). The zero-order chi connectivity index (χ0) is 11.8. The molecule has 2 fully saturated rings. The standard InChI is InChI=1S/C12H22N2O2/c1-12(2,16)11(15)13-9-5-7-14-6-3-4-10(14)8-9/h9-10,16H,3-8H2,1-2H3,(H,13,15). The van der Waals surface area contributed by atoms with Gasteiger partial charge in [0.2, 0.25) is 0 Å². The van der Waals surface area contributed by atoms with Crippen molar-refractivity contribution in [2.24, 2.45) is 0 Å². The Morgan fingerprint density at radius 3 is 2.81 bits per heavy atom. The van der Waals surface area contributed by atoms with Gasteiger partial charge in [-0.3, -0.25) is 4.79 Å². The summed E-state index contributed by atoms with van der Waals surface area (Å²) in [6, 6.07) is 0.902. The first-order valence-electron chi connectivity index (χ1n) is 6.24. The largest absolute Gasteiger partial charge is 0.381 e. The molecule has 2 aliphatic heterocycles. The topological polar surface area (TPSA) is 52.6 Å². The lowest BCUT2D eigenvalue weighted by atomic mass is 9.96. The molecule has 2 N–H and O–H groups in total. The van der Waals surface area contributed by atoms with Crippen LogP contribution >= 0.6 is 0 Å². The number of rotatable bonds is 2. The summed E-state index contributed by atoms with van der Waals surface area (Å²) in [6.07, 6.45) is 4.60. The van der Waals surface area contributed by atoms with Crippen LogP contribution in [0.2, 0.25) is 0 Å². The van der Waals surface area contributed by atoms with Gasteiger partial charge >= 0.3 is 0 Å². The Morgan fingerprint density at radius 2 is 2.12 bits per heavy atom. The molecule has 0 bridgehead atoms. The second kappa shape index (κ2) is 4.34. The van der Waals surface area contributed by atoms with Crippen molar-refractivity contribution >= 4 is 5.91 Å². The van der Waals surface area contributed by atoms with Gasteiger partial charge in [0.05, 0.1) is 0 Å². The van der Waals surface area contributed by atoms with Gasteiger partial charge < -0.3 is 15.3 Å². The molecule has 2 aliphatic rings. The predicted molar refractivity (Wildman–Crippen MR) is 62.1 cm³/mol. The lowest BCUT2D eigenvalue weighted by Gasteiger charge is -2.36.